The number of allylic oxidation sites excluding steroid dienone is 1. The van der Waals surface area contributed by atoms with Gasteiger partial charge in [0.25, 0.3) is 5.70 Å². The van der Waals surface area contributed by atoms with Gasteiger partial charge in [-0.1, -0.05) is 13.0 Å². The second kappa shape index (κ2) is 2.71. The van der Waals surface area contributed by atoms with Crippen LogP contribution in [0.15, 0.2) is 23.9 Å². The van der Waals surface area contributed by atoms with Gasteiger partial charge in [0.1, 0.15) is 0 Å². The van der Waals surface area contributed by atoms with Gasteiger partial charge in [-0.2, -0.15) is 0 Å². The van der Waals surface area contributed by atoms with Crippen LogP contribution in [0.25, 0.3) is 0 Å². The lowest BCUT2D eigenvalue weighted by atomic mass is 9.84. The summed E-state index contributed by atoms with van der Waals surface area (Å²) in [5.41, 5.74) is 5.50. The van der Waals surface area contributed by atoms with E-state index in [0.29, 0.717) is 0 Å². The fraction of sp³-hybridized carbons (Fsp3) is 0.500. The van der Waals surface area contributed by atoms with Gasteiger partial charge in [-0.05, 0) is 13.0 Å². The molecular weight excluding hydrogens is 156 g/mol. The summed E-state index contributed by atoms with van der Waals surface area (Å²) in [7, 11) is 0. The largest absolute Gasteiger partial charge is 0.322 e. The van der Waals surface area contributed by atoms with Crippen molar-refractivity contribution in [2.24, 2.45) is 11.7 Å². The van der Waals surface area contributed by atoms with Crippen LogP contribution < -0.4 is 5.73 Å². The minimum Gasteiger partial charge on any atom is -0.322 e. The minimum atomic E-state index is -0.459. The third kappa shape index (κ3) is 1.53. The Morgan fingerprint density at radius 2 is 2.33 bits per heavy atom. The molecule has 12 heavy (non-hydrogen) atoms. The van der Waals surface area contributed by atoms with Gasteiger partial charge >= 0.3 is 0 Å². The zero-order valence-electron chi connectivity index (χ0n) is 7.15. The molecule has 0 aromatic carbocycles. The number of hydrogen-bond donors (Lipinski definition) is 1. The molecule has 0 bridgehead atoms. The molecule has 4 heteroatoms. The van der Waals surface area contributed by atoms with Gasteiger partial charge in [0, 0.05) is 17.5 Å². The summed E-state index contributed by atoms with van der Waals surface area (Å²) < 4.78 is 0. The van der Waals surface area contributed by atoms with Crippen molar-refractivity contribution in [3.8, 4) is 0 Å². The maximum Gasteiger partial charge on any atom is 0.265 e. The van der Waals surface area contributed by atoms with Crippen molar-refractivity contribution in [2.75, 3.05) is 0 Å². The van der Waals surface area contributed by atoms with Gasteiger partial charge in [0.05, 0.1) is 4.92 Å². The smallest absolute Gasteiger partial charge is 0.265 e. The molecule has 2 N–H and O–H groups in total. The van der Waals surface area contributed by atoms with Gasteiger partial charge < -0.3 is 5.73 Å². The van der Waals surface area contributed by atoms with E-state index in [-0.39, 0.29) is 11.6 Å². The van der Waals surface area contributed by atoms with E-state index in [0.717, 1.165) is 0 Å². The molecule has 0 aliphatic heterocycles. The molecule has 0 spiro atoms. The Bertz CT molecular complexity index is 266. The Morgan fingerprint density at radius 3 is 2.75 bits per heavy atom. The van der Waals surface area contributed by atoms with Crippen molar-refractivity contribution < 1.29 is 4.92 Å². The summed E-state index contributed by atoms with van der Waals surface area (Å²) in [6.07, 6.45) is 4.72. The highest BCUT2D eigenvalue weighted by Gasteiger charge is 2.28. The van der Waals surface area contributed by atoms with E-state index in [9.17, 15) is 10.1 Å². The Labute approximate surface area is 70.9 Å². The van der Waals surface area contributed by atoms with Crippen LogP contribution in [0.5, 0.6) is 0 Å². The van der Waals surface area contributed by atoms with Crippen LogP contribution in [0, 0.1) is 16.0 Å². The quantitative estimate of drug-likeness (QED) is 0.470. The predicted octanol–water partition coefficient (Wildman–Crippen LogP) is 1.07. The molecule has 4 nitrogen and oxygen atoms in total. The maximum atomic E-state index is 10.4. The van der Waals surface area contributed by atoms with Crippen LogP contribution in [-0.4, -0.2) is 10.5 Å². The molecule has 66 valence electrons. The molecule has 0 heterocycles. The summed E-state index contributed by atoms with van der Waals surface area (Å²) in [4.78, 5) is 9.96. The van der Waals surface area contributed by atoms with Gasteiger partial charge in [-0.15, -0.1) is 0 Å². The fourth-order valence-corrected chi connectivity index (χ4v) is 1.03. The van der Waals surface area contributed by atoms with Gasteiger partial charge in [-0.25, -0.2) is 0 Å². The van der Waals surface area contributed by atoms with E-state index in [4.69, 9.17) is 5.73 Å². The van der Waals surface area contributed by atoms with E-state index in [1.165, 1.54) is 6.08 Å². The second-order valence-electron chi connectivity index (χ2n) is 3.34. The lowest BCUT2D eigenvalue weighted by molar-refractivity contribution is -0.419. The van der Waals surface area contributed by atoms with Gasteiger partial charge in [-0.3, -0.25) is 10.1 Å². The summed E-state index contributed by atoms with van der Waals surface area (Å²) in [6, 6.07) is 0. The molecule has 1 rings (SSSR count). The summed E-state index contributed by atoms with van der Waals surface area (Å²) in [5.74, 6) is 0.00269. The van der Waals surface area contributed by atoms with Crippen molar-refractivity contribution in [2.45, 2.75) is 19.4 Å². The summed E-state index contributed by atoms with van der Waals surface area (Å²) in [6.45, 7) is 3.72. The Balaban J connectivity index is 2.91. The van der Waals surface area contributed by atoms with Crippen molar-refractivity contribution in [3.63, 3.8) is 0 Å². The Morgan fingerprint density at radius 1 is 1.75 bits per heavy atom. The molecule has 0 amide bonds. The first kappa shape index (κ1) is 8.93. The predicted molar refractivity (Wildman–Crippen MR) is 46.0 cm³/mol. The molecule has 0 aromatic heterocycles. The molecule has 2 atom stereocenters. The average molecular weight is 168 g/mol. The monoisotopic (exact) mass is 168 g/mol. The van der Waals surface area contributed by atoms with Crippen molar-refractivity contribution in [1.29, 1.82) is 0 Å². The van der Waals surface area contributed by atoms with Crippen molar-refractivity contribution in [1.82, 2.24) is 0 Å². The van der Waals surface area contributed by atoms with E-state index in [2.05, 4.69) is 0 Å². The number of nitrogens with zero attached hydrogens (tertiary/aromatic N) is 1. The van der Waals surface area contributed by atoms with Crippen molar-refractivity contribution >= 4 is 0 Å². The first-order chi connectivity index (χ1) is 5.43. The van der Waals surface area contributed by atoms with Crippen LogP contribution in [-0.2, 0) is 0 Å². The normalized spacial score (nSPS) is 34.6. The van der Waals surface area contributed by atoms with Gasteiger partial charge in [0.15, 0.2) is 0 Å². The average Bonchev–Trinajstić information content (AvgIpc) is 1.94. The molecule has 2 unspecified atom stereocenters. The number of rotatable bonds is 1. The van der Waals surface area contributed by atoms with E-state index < -0.39 is 10.5 Å². The zero-order chi connectivity index (χ0) is 9.35. The third-order valence-corrected chi connectivity index (χ3v) is 2.23. The first-order valence-electron chi connectivity index (χ1n) is 3.78. The molecule has 1 aliphatic rings. The van der Waals surface area contributed by atoms with Crippen LogP contribution in [0.3, 0.4) is 0 Å². The van der Waals surface area contributed by atoms with Crippen LogP contribution in [0.2, 0.25) is 0 Å². The van der Waals surface area contributed by atoms with Crippen molar-refractivity contribution in [3.05, 3.63) is 34.0 Å². The molecular formula is C8H12N2O2. The molecule has 0 radical (unpaired) electrons. The molecule has 1 aliphatic carbocycles. The molecule has 0 aromatic rings. The number of nitrogens with two attached hydrogens (primary N) is 1. The first-order valence-corrected chi connectivity index (χ1v) is 3.78. The van der Waals surface area contributed by atoms with E-state index in [1.807, 2.05) is 13.8 Å². The topological polar surface area (TPSA) is 69.2 Å². The fourth-order valence-electron chi connectivity index (χ4n) is 1.03. The lowest BCUT2D eigenvalue weighted by Gasteiger charge is -2.27. The highest BCUT2D eigenvalue weighted by atomic mass is 16.6. The van der Waals surface area contributed by atoms with Gasteiger partial charge in [0.2, 0.25) is 0 Å². The lowest BCUT2D eigenvalue weighted by Crippen LogP contribution is -2.41. The van der Waals surface area contributed by atoms with Crippen LogP contribution in [0.4, 0.5) is 0 Å². The van der Waals surface area contributed by atoms with E-state index in [1.54, 1.807) is 12.2 Å². The molecule has 0 saturated carbocycles. The number of hydrogen-bond acceptors (Lipinski definition) is 3. The molecule has 0 fully saturated rings. The van der Waals surface area contributed by atoms with Crippen LogP contribution in [0.1, 0.15) is 13.8 Å². The molecule has 0 saturated heterocycles. The SMILES string of the molecule is CC1C=C([N+](=O)[O-])C=CC1(C)N. The zero-order valence-corrected chi connectivity index (χ0v) is 7.15. The third-order valence-electron chi connectivity index (χ3n) is 2.23. The van der Waals surface area contributed by atoms with E-state index >= 15 is 0 Å². The standard InChI is InChI=1S/C8H12N2O2/c1-6-5-7(10(11)12)3-4-8(6,2)9/h3-6H,9H2,1-2H3. The Hall–Kier alpha value is -1.16. The highest BCUT2D eigenvalue weighted by Crippen LogP contribution is 2.24. The summed E-state index contributed by atoms with van der Waals surface area (Å²) >= 11 is 0. The minimum absolute atomic E-state index is 0.00269. The van der Waals surface area contributed by atoms with Crippen LogP contribution >= 0.6 is 0 Å². The Kier molecular flexibility index (Phi) is 2.02. The maximum absolute atomic E-state index is 10.4. The summed E-state index contributed by atoms with van der Waals surface area (Å²) in [5, 5.41) is 10.4. The second-order valence-corrected chi connectivity index (χ2v) is 3.34. The highest BCUT2D eigenvalue weighted by molar-refractivity contribution is 5.25. The number of nitro groups is 1.